The van der Waals surface area contributed by atoms with Crippen molar-refractivity contribution in [1.82, 2.24) is 0 Å². The van der Waals surface area contributed by atoms with E-state index in [1.165, 1.54) is 11.1 Å². The molecule has 25 heavy (non-hydrogen) atoms. The first-order valence-corrected chi connectivity index (χ1v) is 9.39. The molecule has 0 bridgehead atoms. The summed E-state index contributed by atoms with van der Waals surface area (Å²) in [7, 11) is 0. The summed E-state index contributed by atoms with van der Waals surface area (Å²) in [5.74, 6) is 0.462. The van der Waals surface area contributed by atoms with E-state index >= 15 is 0 Å². The van der Waals surface area contributed by atoms with E-state index in [0.717, 1.165) is 31.4 Å². The lowest BCUT2D eigenvalue weighted by atomic mass is 9.73. The Hall–Kier alpha value is -1.65. The van der Waals surface area contributed by atoms with E-state index in [4.69, 9.17) is 4.74 Å². The highest BCUT2D eigenvalue weighted by atomic mass is 19.1. The fraction of sp³-hybridized carbons (Fsp3) is 0.524. The fourth-order valence-electron chi connectivity index (χ4n) is 4.50. The largest absolute Gasteiger partial charge is 0.394 e. The van der Waals surface area contributed by atoms with Crippen molar-refractivity contribution in [3.63, 3.8) is 0 Å². The second-order valence-electron chi connectivity index (χ2n) is 7.40. The molecular formula is C21H26FNO2. The third-order valence-electron chi connectivity index (χ3n) is 5.92. The van der Waals surface area contributed by atoms with Gasteiger partial charge in [-0.25, -0.2) is 4.39 Å². The van der Waals surface area contributed by atoms with Crippen molar-refractivity contribution in [2.75, 3.05) is 11.9 Å². The van der Waals surface area contributed by atoms with Gasteiger partial charge in [0.25, 0.3) is 0 Å². The molecule has 0 radical (unpaired) electrons. The maximum Gasteiger partial charge on any atom is 0.118 e. The standard InChI is InChI=1S/C21H26FNO2/c1-2-13-3-10-19-18(11-13)21-17(9-8-16(12-24)25-21)20(23-19)14-4-6-15(22)7-5-14/h3-4,6-7,10-11,14,16-17,20-21,23-24H,2,5,8-9,12H2,1H3/t14?,16-,17+,20+,21+/m1/s1. The van der Waals surface area contributed by atoms with E-state index < -0.39 is 0 Å². The second kappa shape index (κ2) is 6.93. The summed E-state index contributed by atoms with van der Waals surface area (Å²) >= 11 is 0. The molecule has 2 heterocycles. The van der Waals surface area contributed by atoms with E-state index in [9.17, 15) is 9.50 Å². The van der Waals surface area contributed by atoms with Crippen molar-refractivity contribution < 1.29 is 14.2 Å². The predicted octanol–water partition coefficient (Wildman–Crippen LogP) is 4.30. The number of nitrogens with one attached hydrogen (secondary N) is 1. The Morgan fingerprint density at radius 1 is 1.32 bits per heavy atom. The predicted molar refractivity (Wildman–Crippen MR) is 97.1 cm³/mol. The smallest absolute Gasteiger partial charge is 0.118 e. The van der Waals surface area contributed by atoms with Crippen LogP contribution in [0.3, 0.4) is 0 Å². The zero-order chi connectivity index (χ0) is 17.4. The third kappa shape index (κ3) is 3.13. The molecule has 3 nitrogen and oxygen atoms in total. The SMILES string of the molecule is CCc1ccc2c(c1)[C@H]1O[C@@H](CO)CC[C@H]1[C@H](C1C=CC(F)=CC1)N2. The molecule has 2 N–H and O–H groups in total. The first-order chi connectivity index (χ1) is 12.2. The van der Waals surface area contributed by atoms with E-state index in [1.807, 2.05) is 6.08 Å². The molecule has 4 heteroatoms. The second-order valence-corrected chi connectivity index (χ2v) is 7.40. The van der Waals surface area contributed by atoms with Gasteiger partial charge in [-0.2, -0.15) is 0 Å². The highest BCUT2D eigenvalue weighted by Crippen LogP contribution is 2.48. The van der Waals surface area contributed by atoms with Crippen LogP contribution < -0.4 is 5.32 Å². The molecule has 1 unspecified atom stereocenters. The number of fused-ring (bicyclic) bond motifs is 3. The van der Waals surface area contributed by atoms with Crippen molar-refractivity contribution in [2.45, 2.75) is 50.9 Å². The van der Waals surface area contributed by atoms with Crippen LogP contribution in [0.25, 0.3) is 0 Å². The number of hydrogen-bond acceptors (Lipinski definition) is 3. The minimum atomic E-state index is -0.142. The number of rotatable bonds is 3. The molecule has 3 aliphatic rings. The van der Waals surface area contributed by atoms with Gasteiger partial charge in [-0.15, -0.1) is 0 Å². The van der Waals surface area contributed by atoms with Gasteiger partial charge in [-0.05, 0) is 49.5 Å². The molecule has 1 aromatic carbocycles. The summed E-state index contributed by atoms with van der Waals surface area (Å²) in [6.45, 7) is 2.23. The first kappa shape index (κ1) is 16.8. The lowest BCUT2D eigenvalue weighted by molar-refractivity contribution is -0.112. The Morgan fingerprint density at radius 2 is 2.20 bits per heavy atom. The topological polar surface area (TPSA) is 41.5 Å². The number of anilines is 1. The molecule has 1 aromatic rings. The Labute approximate surface area is 148 Å². The minimum Gasteiger partial charge on any atom is -0.394 e. The van der Waals surface area contributed by atoms with E-state index in [0.29, 0.717) is 5.92 Å². The minimum absolute atomic E-state index is 0.00260. The van der Waals surface area contributed by atoms with Crippen LogP contribution in [0.15, 0.2) is 42.3 Å². The average Bonchev–Trinajstić information content (AvgIpc) is 2.67. The first-order valence-electron chi connectivity index (χ1n) is 9.39. The lowest BCUT2D eigenvalue weighted by Gasteiger charge is -2.47. The fourth-order valence-corrected chi connectivity index (χ4v) is 4.50. The van der Waals surface area contributed by atoms with Crippen LogP contribution in [0.2, 0.25) is 0 Å². The highest BCUT2D eigenvalue weighted by molar-refractivity contribution is 5.57. The third-order valence-corrected chi connectivity index (χ3v) is 5.92. The van der Waals surface area contributed by atoms with Gasteiger partial charge in [-0.1, -0.05) is 25.1 Å². The monoisotopic (exact) mass is 343 g/mol. The van der Waals surface area contributed by atoms with Crippen LogP contribution in [0.1, 0.15) is 43.4 Å². The van der Waals surface area contributed by atoms with Crippen LogP contribution in [0.5, 0.6) is 0 Å². The summed E-state index contributed by atoms with van der Waals surface area (Å²) in [6, 6.07) is 6.77. The number of benzene rings is 1. The van der Waals surface area contributed by atoms with E-state index in [-0.39, 0.29) is 36.6 Å². The number of aliphatic hydroxyl groups excluding tert-OH is 1. The van der Waals surface area contributed by atoms with Gasteiger partial charge < -0.3 is 15.2 Å². The number of ether oxygens (including phenoxy) is 1. The number of aryl methyl sites for hydroxylation is 1. The summed E-state index contributed by atoms with van der Waals surface area (Å²) in [5.41, 5.74) is 3.63. The van der Waals surface area contributed by atoms with Gasteiger partial charge in [0.1, 0.15) is 5.83 Å². The van der Waals surface area contributed by atoms with Gasteiger partial charge in [-0.3, -0.25) is 0 Å². The maximum absolute atomic E-state index is 13.4. The van der Waals surface area contributed by atoms with E-state index in [2.05, 4.69) is 30.4 Å². The zero-order valence-electron chi connectivity index (χ0n) is 14.6. The van der Waals surface area contributed by atoms with Gasteiger partial charge in [0, 0.05) is 29.1 Å². The molecule has 1 aliphatic carbocycles. The molecule has 0 spiro atoms. The molecule has 2 aliphatic heterocycles. The molecule has 134 valence electrons. The number of halogens is 1. The Kier molecular flexibility index (Phi) is 4.65. The molecule has 4 rings (SSSR count). The molecule has 1 fully saturated rings. The Morgan fingerprint density at radius 3 is 2.92 bits per heavy atom. The normalized spacial score (nSPS) is 33.9. The average molecular weight is 343 g/mol. The Bertz CT molecular complexity index is 699. The molecule has 1 saturated heterocycles. The van der Waals surface area contributed by atoms with Crippen molar-refractivity contribution in [2.24, 2.45) is 11.8 Å². The quantitative estimate of drug-likeness (QED) is 0.860. The van der Waals surface area contributed by atoms with Crippen LogP contribution in [0.4, 0.5) is 10.1 Å². The van der Waals surface area contributed by atoms with Crippen LogP contribution in [-0.4, -0.2) is 23.9 Å². The van der Waals surface area contributed by atoms with Crippen molar-refractivity contribution in [3.05, 3.63) is 53.4 Å². The van der Waals surface area contributed by atoms with Crippen LogP contribution in [0, 0.1) is 11.8 Å². The summed E-state index contributed by atoms with van der Waals surface area (Å²) in [5, 5.41) is 13.3. The highest BCUT2D eigenvalue weighted by Gasteiger charge is 2.43. The molecule has 5 atom stereocenters. The molecule has 0 aromatic heterocycles. The Balaban J connectivity index is 1.68. The summed E-state index contributed by atoms with van der Waals surface area (Å²) in [6.07, 6.45) is 8.77. The maximum atomic E-state index is 13.4. The van der Waals surface area contributed by atoms with Gasteiger partial charge in [0.15, 0.2) is 0 Å². The number of aliphatic hydroxyl groups is 1. The van der Waals surface area contributed by atoms with Crippen molar-refractivity contribution >= 4 is 5.69 Å². The van der Waals surface area contributed by atoms with Crippen LogP contribution >= 0.6 is 0 Å². The van der Waals surface area contributed by atoms with Gasteiger partial charge in [0.2, 0.25) is 0 Å². The van der Waals surface area contributed by atoms with Crippen molar-refractivity contribution in [3.8, 4) is 0 Å². The summed E-state index contributed by atoms with van der Waals surface area (Å²) < 4.78 is 19.7. The lowest BCUT2D eigenvalue weighted by Crippen LogP contribution is -2.47. The van der Waals surface area contributed by atoms with E-state index in [1.54, 1.807) is 12.2 Å². The molecule has 0 amide bonds. The molecular weight excluding hydrogens is 317 g/mol. The zero-order valence-corrected chi connectivity index (χ0v) is 14.6. The number of hydrogen-bond donors (Lipinski definition) is 2. The number of allylic oxidation sites excluding steroid dienone is 3. The molecule has 0 saturated carbocycles. The van der Waals surface area contributed by atoms with Crippen molar-refractivity contribution in [1.29, 1.82) is 0 Å². The van der Waals surface area contributed by atoms with Crippen LogP contribution in [-0.2, 0) is 11.2 Å². The van der Waals surface area contributed by atoms with Gasteiger partial charge >= 0.3 is 0 Å². The van der Waals surface area contributed by atoms with Gasteiger partial charge in [0.05, 0.1) is 18.8 Å². The summed E-state index contributed by atoms with van der Waals surface area (Å²) in [4.78, 5) is 0.